The summed E-state index contributed by atoms with van der Waals surface area (Å²) in [5.41, 5.74) is 2.56. The molecule has 1 aliphatic heterocycles. The van der Waals surface area contributed by atoms with Crippen LogP contribution in [0.1, 0.15) is 18.2 Å². The van der Waals surface area contributed by atoms with E-state index in [1.165, 1.54) is 4.88 Å². The van der Waals surface area contributed by atoms with Crippen molar-refractivity contribution in [3.63, 3.8) is 0 Å². The Balaban J connectivity index is 2.07. The number of anilines is 2. The Bertz CT molecular complexity index is 614. The number of ether oxygens (including phenoxy) is 1. The number of thiophene rings is 1. The summed E-state index contributed by atoms with van der Waals surface area (Å²) in [5.74, 6) is 6.90. The van der Waals surface area contributed by atoms with Crippen molar-refractivity contribution in [2.24, 2.45) is 5.84 Å². The lowest BCUT2D eigenvalue weighted by Gasteiger charge is -2.24. The lowest BCUT2D eigenvalue weighted by molar-refractivity contribution is 0.0820. The minimum absolute atomic E-state index is 0.205. The number of rotatable bonds is 2. The van der Waals surface area contributed by atoms with Gasteiger partial charge in [0.2, 0.25) is 5.95 Å². The standard InChI is InChI=1S/C13H19N5OS/c1-8-7-18(4-3-5-19-8)11-10-6-9(2)20-12(10)16-13(15-11)17-14/h6,8H,3-5,7,14H2,1-2H3,(H,15,16,17). The molecule has 0 bridgehead atoms. The SMILES string of the molecule is Cc1cc2c(N3CCCOC(C)C3)nc(NN)nc2s1. The third-order valence-electron chi connectivity index (χ3n) is 3.38. The molecule has 0 spiro atoms. The molecule has 6 nitrogen and oxygen atoms in total. The first kappa shape index (κ1) is 13.5. The molecule has 3 rings (SSSR count). The van der Waals surface area contributed by atoms with Gasteiger partial charge < -0.3 is 9.64 Å². The molecule has 7 heteroatoms. The zero-order valence-electron chi connectivity index (χ0n) is 11.7. The maximum absolute atomic E-state index is 5.71. The second-order valence-electron chi connectivity index (χ2n) is 5.07. The number of aryl methyl sites for hydroxylation is 1. The van der Waals surface area contributed by atoms with Crippen molar-refractivity contribution in [1.29, 1.82) is 0 Å². The highest BCUT2D eigenvalue weighted by molar-refractivity contribution is 7.18. The normalized spacial score (nSPS) is 20.1. The molecule has 0 aliphatic carbocycles. The Morgan fingerprint density at radius 2 is 2.35 bits per heavy atom. The molecule has 1 unspecified atom stereocenters. The van der Waals surface area contributed by atoms with E-state index in [9.17, 15) is 0 Å². The van der Waals surface area contributed by atoms with Crippen LogP contribution in [0.5, 0.6) is 0 Å². The fraction of sp³-hybridized carbons (Fsp3) is 0.538. The van der Waals surface area contributed by atoms with Crippen molar-refractivity contribution < 1.29 is 4.74 Å². The van der Waals surface area contributed by atoms with Crippen LogP contribution in [0, 0.1) is 6.92 Å². The van der Waals surface area contributed by atoms with Gasteiger partial charge in [0.15, 0.2) is 0 Å². The summed E-state index contributed by atoms with van der Waals surface area (Å²) in [7, 11) is 0. The van der Waals surface area contributed by atoms with Crippen molar-refractivity contribution in [1.82, 2.24) is 9.97 Å². The largest absolute Gasteiger partial charge is 0.377 e. The van der Waals surface area contributed by atoms with Gasteiger partial charge >= 0.3 is 0 Å². The number of nitrogens with one attached hydrogen (secondary N) is 1. The number of nitrogens with zero attached hydrogens (tertiary/aromatic N) is 3. The molecule has 0 radical (unpaired) electrons. The van der Waals surface area contributed by atoms with Crippen LogP contribution < -0.4 is 16.2 Å². The third kappa shape index (κ3) is 2.56. The summed E-state index contributed by atoms with van der Waals surface area (Å²) < 4.78 is 5.71. The maximum Gasteiger partial charge on any atom is 0.240 e. The van der Waals surface area contributed by atoms with Crippen LogP contribution in [0.3, 0.4) is 0 Å². The van der Waals surface area contributed by atoms with Crippen LogP contribution >= 0.6 is 11.3 Å². The number of hydrogen-bond donors (Lipinski definition) is 2. The van der Waals surface area contributed by atoms with E-state index >= 15 is 0 Å². The summed E-state index contributed by atoms with van der Waals surface area (Å²) in [6, 6.07) is 2.14. The van der Waals surface area contributed by atoms with Crippen molar-refractivity contribution in [2.75, 3.05) is 30.0 Å². The van der Waals surface area contributed by atoms with E-state index < -0.39 is 0 Å². The van der Waals surface area contributed by atoms with Gasteiger partial charge in [0.1, 0.15) is 10.6 Å². The van der Waals surface area contributed by atoms with Crippen LogP contribution in [0.25, 0.3) is 10.2 Å². The van der Waals surface area contributed by atoms with Gasteiger partial charge in [0.05, 0.1) is 11.5 Å². The van der Waals surface area contributed by atoms with Crippen LogP contribution in [0.4, 0.5) is 11.8 Å². The van der Waals surface area contributed by atoms with Crippen molar-refractivity contribution >= 4 is 33.3 Å². The predicted molar refractivity (Wildman–Crippen MR) is 82.2 cm³/mol. The maximum atomic E-state index is 5.71. The minimum atomic E-state index is 0.205. The molecule has 1 atom stereocenters. The summed E-state index contributed by atoms with van der Waals surface area (Å²) in [6.45, 7) is 6.76. The number of nitrogens with two attached hydrogens (primary N) is 1. The molecular formula is C13H19N5OS. The first-order valence-electron chi connectivity index (χ1n) is 6.78. The third-order valence-corrected chi connectivity index (χ3v) is 4.32. The van der Waals surface area contributed by atoms with Crippen LogP contribution in [0.15, 0.2) is 6.07 Å². The van der Waals surface area contributed by atoms with Crippen LogP contribution in [-0.2, 0) is 4.74 Å². The first-order valence-corrected chi connectivity index (χ1v) is 7.60. The highest BCUT2D eigenvalue weighted by Crippen LogP contribution is 2.32. The Hall–Kier alpha value is -1.44. The predicted octanol–water partition coefficient (Wildman–Crippen LogP) is 1.90. The highest BCUT2D eigenvalue weighted by Gasteiger charge is 2.20. The van der Waals surface area contributed by atoms with E-state index in [4.69, 9.17) is 10.6 Å². The van der Waals surface area contributed by atoms with Gasteiger partial charge in [-0.1, -0.05) is 0 Å². The summed E-state index contributed by atoms with van der Waals surface area (Å²) in [4.78, 5) is 13.5. The molecule has 0 aromatic carbocycles. The monoisotopic (exact) mass is 293 g/mol. The van der Waals surface area contributed by atoms with Crippen LogP contribution in [-0.4, -0.2) is 35.8 Å². The lowest BCUT2D eigenvalue weighted by Crippen LogP contribution is -2.31. The van der Waals surface area contributed by atoms with Gasteiger partial charge in [0, 0.05) is 24.6 Å². The molecule has 1 saturated heterocycles. The molecule has 3 N–H and O–H groups in total. The zero-order valence-corrected chi connectivity index (χ0v) is 12.5. The molecule has 1 fully saturated rings. The Kier molecular flexibility index (Phi) is 3.73. The number of hydrogen-bond acceptors (Lipinski definition) is 7. The van der Waals surface area contributed by atoms with Crippen molar-refractivity contribution in [3.05, 3.63) is 10.9 Å². The van der Waals surface area contributed by atoms with E-state index in [-0.39, 0.29) is 6.10 Å². The molecule has 0 amide bonds. The van der Waals surface area contributed by atoms with Gasteiger partial charge in [-0.15, -0.1) is 11.3 Å². The van der Waals surface area contributed by atoms with Gasteiger partial charge in [-0.2, -0.15) is 4.98 Å². The zero-order chi connectivity index (χ0) is 14.1. The average Bonchev–Trinajstić information content (AvgIpc) is 2.67. The Morgan fingerprint density at radius 1 is 1.50 bits per heavy atom. The fourth-order valence-corrected chi connectivity index (χ4v) is 3.39. The Morgan fingerprint density at radius 3 is 3.15 bits per heavy atom. The molecule has 108 valence electrons. The molecule has 0 saturated carbocycles. The van der Waals surface area contributed by atoms with E-state index in [0.717, 1.165) is 42.2 Å². The smallest absolute Gasteiger partial charge is 0.240 e. The van der Waals surface area contributed by atoms with Gasteiger partial charge in [-0.05, 0) is 26.3 Å². The van der Waals surface area contributed by atoms with Gasteiger partial charge in [-0.3, -0.25) is 5.43 Å². The van der Waals surface area contributed by atoms with Crippen molar-refractivity contribution in [2.45, 2.75) is 26.4 Å². The lowest BCUT2D eigenvalue weighted by atomic mass is 10.3. The van der Waals surface area contributed by atoms with E-state index in [2.05, 4.69) is 40.2 Å². The quantitative estimate of drug-likeness (QED) is 0.650. The molecule has 3 heterocycles. The molecule has 20 heavy (non-hydrogen) atoms. The average molecular weight is 293 g/mol. The minimum Gasteiger partial charge on any atom is -0.377 e. The summed E-state index contributed by atoms with van der Waals surface area (Å²) in [6.07, 6.45) is 1.21. The first-order chi connectivity index (χ1) is 9.67. The number of hydrazine groups is 1. The highest BCUT2D eigenvalue weighted by atomic mass is 32.1. The number of aromatic nitrogens is 2. The Labute approximate surface area is 121 Å². The second-order valence-corrected chi connectivity index (χ2v) is 6.31. The number of fused-ring (bicyclic) bond motifs is 1. The molecule has 2 aromatic heterocycles. The van der Waals surface area contributed by atoms with Gasteiger partial charge in [-0.25, -0.2) is 10.8 Å². The molecular weight excluding hydrogens is 274 g/mol. The second kappa shape index (κ2) is 5.51. The van der Waals surface area contributed by atoms with E-state index in [1.807, 2.05) is 0 Å². The fourth-order valence-electron chi connectivity index (χ4n) is 2.52. The van der Waals surface area contributed by atoms with Gasteiger partial charge in [0.25, 0.3) is 0 Å². The van der Waals surface area contributed by atoms with E-state index in [0.29, 0.717) is 5.95 Å². The molecule has 2 aromatic rings. The van der Waals surface area contributed by atoms with Crippen LogP contribution in [0.2, 0.25) is 0 Å². The molecule has 1 aliphatic rings. The summed E-state index contributed by atoms with van der Waals surface area (Å²) in [5, 5.41) is 1.10. The van der Waals surface area contributed by atoms with Crippen molar-refractivity contribution in [3.8, 4) is 0 Å². The van der Waals surface area contributed by atoms with E-state index in [1.54, 1.807) is 11.3 Å². The number of nitrogen functional groups attached to an aromatic ring is 1. The summed E-state index contributed by atoms with van der Waals surface area (Å²) >= 11 is 1.66. The topological polar surface area (TPSA) is 76.3 Å².